The van der Waals surface area contributed by atoms with Crippen molar-refractivity contribution in [2.75, 3.05) is 13.1 Å². The minimum atomic E-state index is -0.333. The quantitative estimate of drug-likeness (QED) is 0.387. The van der Waals surface area contributed by atoms with Crippen LogP contribution in [0.15, 0.2) is 53.3 Å². The molecule has 2 aromatic carbocycles. The highest BCUT2D eigenvalue weighted by atomic mass is 32.1. The summed E-state index contributed by atoms with van der Waals surface area (Å²) in [5.41, 5.74) is 1.83. The lowest BCUT2D eigenvalue weighted by Gasteiger charge is -2.21. The van der Waals surface area contributed by atoms with Crippen molar-refractivity contribution in [1.29, 1.82) is 0 Å². The lowest BCUT2D eigenvalue weighted by molar-refractivity contribution is -0.131. The van der Waals surface area contributed by atoms with Crippen LogP contribution in [-0.2, 0) is 11.3 Å². The highest BCUT2D eigenvalue weighted by Gasteiger charge is 2.22. The molecule has 4 aromatic rings. The van der Waals surface area contributed by atoms with Crippen molar-refractivity contribution in [1.82, 2.24) is 13.9 Å². The summed E-state index contributed by atoms with van der Waals surface area (Å²) < 4.78 is 17.5. The van der Waals surface area contributed by atoms with E-state index in [1.54, 1.807) is 22.8 Å². The third kappa shape index (κ3) is 3.67. The van der Waals surface area contributed by atoms with E-state index in [9.17, 15) is 14.0 Å². The summed E-state index contributed by atoms with van der Waals surface area (Å²) in [7, 11) is 0. The van der Waals surface area contributed by atoms with Crippen LogP contribution in [0, 0.1) is 9.77 Å². The van der Waals surface area contributed by atoms with E-state index in [1.165, 1.54) is 23.5 Å². The molecule has 8 heteroatoms. The molecule has 0 radical (unpaired) electrons. The number of thiazole rings is 1. The van der Waals surface area contributed by atoms with Gasteiger partial charge in [0.25, 0.3) is 5.56 Å². The molecular formula is C24H22FN3O2S2. The van der Waals surface area contributed by atoms with E-state index in [0.29, 0.717) is 20.5 Å². The minimum Gasteiger partial charge on any atom is -0.341 e. The van der Waals surface area contributed by atoms with Crippen molar-refractivity contribution < 1.29 is 9.18 Å². The SMILES string of the molecule is O=C(Cn1c(=O)c2ccccc2n2c(=S)sc(-c3ccc(F)cc3)c12)N1CCCCCC1. The van der Waals surface area contributed by atoms with Gasteiger partial charge in [0, 0.05) is 13.1 Å². The number of likely N-dealkylation sites (tertiary alicyclic amines) is 1. The van der Waals surface area contributed by atoms with Crippen LogP contribution < -0.4 is 5.56 Å². The molecule has 1 aliphatic heterocycles. The van der Waals surface area contributed by atoms with Gasteiger partial charge in [-0.15, -0.1) is 11.3 Å². The first-order valence-electron chi connectivity index (χ1n) is 10.8. The van der Waals surface area contributed by atoms with Gasteiger partial charge in [0.1, 0.15) is 18.0 Å². The predicted octanol–water partition coefficient (Wildman–Crippen LogP) is 5.25. The van der Waals surface area contributed by atoms with Crippen molar-refractivity contribution in [3.63, 3.8) is 0 Å². The first-order valence-corrected chi connectivity index (χ1v) is 12.0. The van der Waals surface area contributed by atoms with Crippen molar-refractivity contribution in [2.24, 2.45) is 0 Å². The lowest BCUT2D eigenvalue weighted by Crippen LogP contribution is -2.37. The molecule has 3 heterocycles. The lowest BCUT2D eigenvalue weighted by atomic mass is 10.2. The molecule has 2 aromatic heterocycles. The van der Waals surface area contributed by atoms with Crippen LogP contribution in [0.5, 0.6) is 0 Å². The van der Waals surface area contributed by atoms with E-state index in [0.717, 1.165) is 49.2 Å². The molecule has 0 bridgehead atoms. The molecule has 32 heavy (non-hydrogen) atoms. The second-order valence-electron chi connectivity index (χ2n) is 8.07. The Morgan fingerprint density at radius 3 is 2.41 bits per heavy atom. The average molecular weight is 468 g/mol. The number of aromatic nitrogens is 2. The van der Waals surface area contributed by atoms with E-state index < -0.39 is 0 Å². The van der Waals surface area contributed by atoms with Gasteiger partial charge in [0.2, 0.25) is 5.91 Å². The highest BCUT2D eigenvalue weighted by Crippen LogP contribution is 2.33. The number of nitrogens with zero attached hydrogens (tertiary/aromatic N) is 3. The number of benzene rings is 2. The smallest absolute Gasteiger partial charge is 0.262 e. The van der Waals surface area contributed by atoms with E-state index in [1.807, 2.05) is 27.5 Å². The third-order valence-corrected chi connectivity index (χ3v) is 7.43. The Morgan fingerprint density at radius 2 is 1.69 bits per heavy atom. The highest BCUT2D eigenvalue weighted by molar-refractivity contribution is 7.73. The molecule has 5 nitrogen and oxygen atoms in total. The number of hydrogen-bond acceptors (Lipinski definition) is 4. The van der Waals surface area contributed by atoms with Crippen LogP contribution in [0.2, 0.25) is 0 Å². The number of para-hydroxylation sites is 1. The Hall–Kier alpha value is -2.84. The second-order valence-corrected chi connectivity index (χ2v) is 9.71. The molecule has 1 amide bonds. The largest absolute Gasteiger partial charge is 0.341 e. The van der Waals surface area contributed by atoms with Gasteiger partial charge in [-0.1, -0.05) is 37.1 Å². The van der Waals surface area contributed by atoms with Crippen molar-refractivity contribution in [3.8, 4) is 10.4 Å². The normalized spacial score (nSPS) is 14.7. The molecule has 1 aliphatic rings. The zero-order valence-corrected chi connectivity index (χ0v) is 19.1. The summed E-state index contributed by atoms with van der Waals surface area (Å²) in [6.45, 7) is 1.39. The molecule has 164 valence electrons. The van der Waals surface area contributed by atoms with Gasteiger partial charge in [-0.2, -0.15) is 0 Å². The maximum atomic E-state index is 13.6. The topological polar surface area (TPSA) is 46.7 Å². The fourth-order valence-corrected chi connectivity index (χ4v) is 5.84. The Kier molecular flexibility index (Phi) is 5.65. The van der Waals surface area contributed by atoms with Crippen LogP contribution in [0.3, 0.4) is 0 Å². The number of amides is 1. The number of carbonyl (C=O) groups excluding carboxylic acids is 1. The predicted molar refractivity (Wildman–Crippen MR) is 128 cm³/mol. The first kappa shape index (κ1) is 21.0. The Bertz CT molecular complexity index is 1430. The van der Waals surface area contributed by atoms with Crippen LogP contribution >= 0.6 is 23.6 Å². The standard InChI is InChI=1S/C24H22FN3O2S2/c25-17-11-9-16(10-12-17)21-22-27(15-20(29)26-13-5-1-2-6-14-26)23(30)18-7-3-4-8-19(18)28(22)24(31)32-21/h3-4,7-12H,1-2,5-6,13-15H2. The van der Waals surface area contributed by atoms with Crippen molar-refractivity contribution in [3.05, 3.63) is 68.7 Å². The number of halogens is 1. The van der Waals surface area contributed by atoms with Crippen LogP contribution in [0.4, 0.5) is 4.39 Å². The van der Waals surface area contributed by atoms with Gasteiger partial charge >= 0.3 is 0 Å². The molecule has 0 atom stereocenters. The maximum Gasteiger partial charge on any atom is 0.262 e. The Balaban J connectivity index is 1.75. The Morgan fingerprint density at radius 1 is 1.00 bits per heavy atom. The number of fused-ring (bicyclic) bond motifs is 3. The summed E-state index contributed by atoms with van der Waals surface area (Å²) in [5, 5.41) is 0.517. The Labute approximate surface area is 193 Å². The number of carbonyl (C=O) groups is 1. The van der Waals surface area contributed by atoms with Crippen LogP contribution in [-0.4, -0.2) is 32.9 Å². The number of rotatable bonds is 3. The van der Waals surface area contributed by atoms with Crippen molar-refractivity contribution >= 4 is 46.0 Å². The minimum absolute atomic E-state index is 0.0487. The molecular weight excluding hydrogens is 445 g/mol. The van der Waals surface area contributed by atoms with Gasteiger partial charge in [0.05, 0.1) is 15.8 Å². The van der Waals surface area contributed by atoms with E-state index in [2.05, 4.69) is 0 Å². The summed E-state index contributed by atoms with van der Waals surface area (Å²) in [6, 6.07) is 13.4. The van der Waals surface area contributed by atoms with Gasteiger partial charge < -0.3 is 4.90 Å². The summed E-state index contributed by atoms with van der Waals surface area (Å²) in [6.07, 6.45) is 4.22. The van der Waals surface area contributed by atoms with Gasteiger partial charge in [-0.3, -0.25) is 18.6 Å². The zero-order valence-electron chi connectivity index (χ0n) is 17.4. The molecule has 0 unspecified atom stereocenters. The van der Waals surface area contributed by atoms with Gasteiger partial charge in [0.15, 0.2) is 3.95 Å². The van der Waals surface area contributed by atoms with Gasteiger partial charge in [-0.25, -0.2) is 4.39 Å². The fraction of sp³-hybridized carbons (Fsp3) is 0.292. The summed E-state index contributed by atoms with van der Waals surface area (Å²) >= 11 is 7.05. The average Bonchev–Trinajstić information content (AvgIpc) is 2.97. The third-order valence-electron chi connectivity index (χ3n) is 6.02. The van der Waals surface area contributed by atoms with E-state index in [4.69, 9.17) is 12.2 Å². The monoisotopic (exact) mass is 467 g/mol. The van der Waals surface area contributed by atoms with Crippen LogP contribution in [0.25, 0.3) is 27.0 Å². The maximum absolute atomic E-state index is 13.6. The molecule has 5 rings (SSSR count). The number of hydrogen-bond donors (Lipinski definition) is 0. The summed E-state index contributed by atoms with van der Waals surface area (Å²) in [5.74, 6) is -0.395. The molecule has 0 saturated carbocycles. The molecule has 0 N–H and O–H groups in total. The molecule has 1 fully saturated rings. The molecule has 0 aliphatic carbocycles. The summed E-state index contributed by atoms with van der Waals surface area (Å²) in [4.78, 5) is 29.4. The fourth-order valence-electron chi connectivity index (χ4n) is 4.40. The molecule has 1 saturated heterocycles. The van der Waals surface area contributed by atoms with Crippen LogP contribution in [0.1, 0.15) is 25.7 Å². The van der Waals surface area contributed by atoms with Gasteiger partial charge in [-0.05, 0) is 54.9 Å². The van der Waals surface area contributed by atoms with E-state index in [-0.39, 0.29) is 23.8 Å². The zero-order chi connectivity index (χ0) is 22.2. The van der Waals surface area contributed by atoms with Crippen molar-refractivity contribution in [2.45, 2.75) is 32.2 Å². The molecule has 0 spiro atoms. The van der Waals surface area contributed by atoms with E-state index >= 15 is 0 Å². The second kappa shape index (κ2) is 8.60. The first-order chi connectivity index (χ1) is 15.5.